The Hall–Kier alpha value is -0.760. The van der Waals surface area contributed by atoms with Crippen molar-refractivity contribution in [3.05, 3.63) is 29.6 Å². The molecule has 1 aliphatic rings. The molecule has 106 valence electrons. The average Bonchev–Trinajstić information content (AvgIpc) is 2.37. The van der Waals surface area contributed by atoms with Crippen LogP contribution in [0.3, 0.4) is 0 Å². The Morgan fingerprint density at radius 2 is 1.79 bits per heavy atom. The topological polar surface area (TPSA) is 9.23 Å². The molecule has 19 heavy (non-hydrogen) atoms. The number of methoxy groups -OCH3 is 1. The largest absolute Gasteiger partial charge is 0.496 e. The van der Waals surface area contributed by atoms with E-state index in [2.05, 4.69) is 0 Å². The lowest BCUT2D eigenvalue weighted by molar-refractivity contribution is 0.356. The lowest BCUT2D eigenvalue weighted by Gasteiger charge is -2.25. The van der Waals surface area contributed by atoms with Crippen LogP contribution in [0.25, 0.3) is 0 Å². The molecule has 1 aromatic carbocycles. The van der Waals surface area contributed by atoms with Crippen molar-refractivity contribution in [2.24, 2.45) is 5.92 Å². The molecule has 0 bridgehead atoms. The van der Waals surface area contributed by atoms with E-state index in [0.29, 0.717) is 11.7 Å². The molecule has 0 aliphatic heterocycles. The molecule has 1 atom stereocenters. The van der Waals surface area contributed by atoms with E-state index in [9.17, 15) is 4.39 Å². The zero-order chi connectivity index (χ0) is 13.7. The molecule has 1 aromatic rings. The first-order chi connectivity index (χ1) is 9.22. The van der Waals surface area contributed by atoms with Crippen molar-refractivity contribution in [1.29, 1.82) is 0 Å². The monoisotopic (exact) mass is 284 g/mol. The molecule has 0 radical (unpaired) electrons. The average molecular weight is 285 g/mol. The lowest BCUT2D eigenvalue weighted by atomic mass is 9.86. The van der Waals surface area contributed by atoms with Crippen LogP contribution in [0.4, 0.5) is 4.39 Å². The maximum atomic E-state index is 13.4. The van der Waals surface area contributed by atoms with Crippen molar-refractivity contribution in [3.63, 3.8) is 0 Å². The molecule has 0 N–H and O–H groups in total. The zero-order valence-electron chi connectivity index (χ0n) is 11.5. The standard InChI is InChI=1S/C16H22ClFO/c1-19-15-10-9-13(18)11-14(15)16(17)12-7-5-3-2-4-6-8-12/h9-12,16H,2-8H2,1H3. The van der Waals surface area contributed by atoms with Gasteiger partial charge in [0, 0.05) is 5.56 Å². The molecule has 0 amide bonds. The van der Waals surface area contributed by atoms with Gasteiger partial charge >= 0.3 is 0 Å². The first-order valence-corrected chi connectivity index (χ1v) is 7.63. The van der Waals surface area contributed by atoms with Crippen LogP contribution in [0.5, 0.6) is 5.75 Å². The van der Waals surface area contributed by atoms with Gasteiger partial charge in [-0.1, -0.05) is 32.1 Å². The Kier molecular flexibility index (Phi) is 5.50. The van der Waals surface area contributed by atoms with Gasteiger partial charge in [0.2, 0.25) is 0 Å². The van der Waals surface area contributed by atoms with E-state index in [1.807, 2.05) is 0 Å². The highest BCUT2D eigenvalue weighted by Gasteiger charge is 2.24. The first-order valence-electron chi connectivity index (χ1n) is 7.20. The molecule has 1 aliphatic carbocycles. The van der Waals surface area contributed by atoms with Crippen molar-refractivity contribution in [2.75, 3.05) is 7.11 Å². The minimum atomic E-state index is -0.243. The second-order valence-electron chi connectivity index (χ2n) is 5.39. The molecule has 1 saturated carbocycles. The third-order valence-corrected chi connectivity index (χ3v) is 4.64. The van der Waals surface area contributed by atoms with E-state index >= 15 is 0 Å². The minimum absolute atomic E-state index is 0.149. The minimum Gasteiger partial charge on any atom is -0.496 e. The number of benzene rings is 1. The van der Waals surface area contributed by atoms with Crippen LogP contribution in [0.2, 0.25) is 0 Å². The second kappa shape index (κ2) is 7.14. The third-order valence-electron chi connectivity index (χ3n) is 4.05. The van der Waals surface area contributed by atoms with Crippen LogP contribution in [0.1, 0.15) is 55.9 Å². The molecular formula is C16H22ClFO. The number of hydrogen-bond donors (Lipinski definition) is 0. The fraction of sp³-hybridized carbons (Fsp3) is 0.625. The van der Waals surface area contributed by atoms with Gasteiger partial charge in [0.05, 0.1) is 12.5 Å². The Balaban J connectivity index is 2.16. The summed E-state index contributed by atoms with van der Waals surface area (Å²) in [6.07, 6.45) is 8.64. The van der Waals surface area contributed by atoms with Gasteiger partial charge in [-0.3, -0.25) is 0 Å². The summed E-state index contributed by atoms with van der Waals surface area (Å²) in [5.41, 5.74) is 0.801. The summed E-state index contributed by atoms with van der Waals surface area (Å²) in [6, 6.07) is 4.61. The summed E-state index contributed by atoms with van der Waals surface area (Å²) in [4.78, 5) is 0. The van der Waals surface area contributed by atoms with Crippen molar-refractivity contribution in [3.8, 4) is 5.75 Å². The van der Waals surface area contributed by atoms with Gasteiger partial charge in [0.1, 0.15) is 11.6 Å². The van der Waals surface area contributed by atoms with Gasteiger partial charge in [0.15, 0.2) is 0 Å². The van der Waals surface area contributed by atoms with Crippen LogP contribution in [0.15, 0.2) is 18.2 Å². The van der Waals surface area contributed by atoms with Gasteiger partial charge in [-0.2, -0.15) is 0 Å². The number of alkyl halides is 1. The highest BCUT2D eigenvalue weighted by molar-refractivity contribution is 6.21. The Bertz CT molecular complexity index is 400. The van der Waals surface area contributed by atoms with E-state index in [-0.39, 0.29) is 11.2 Å². The quantitative estimate of drug-likeness (QED) is 0.668. The fourth-order valence-electron chi connectivity index (χ4n) is 2.96. The maximum Gasteiger partial charge on any atom is 0.123 e. The predicted octanol–water partition coefficient (Wildman–Crippen LogP) is 5.47. The zero-order valence-corrected chi connectivity index (χ0v) is 12.3. The van der Waals surface area contributed by atoms with Crippen molar-refractivity contribution in [2.45, 2.75) is 50.3 Å². The predicted molar refractivity (Wildman–Crippen MR) is 77.4 cm³/mol. The summed E-state index contributed by atoms with van der Waals surface area (Å²) < 4.78 is 18.8. The fourth-order valence-corrected chi connectivity index (χ4v) is 3.38. The highest BCUT2D eigenvalue weighted by atomic mass is 35.5. The van der Waals surface area contributed by atoms with E-state index in [1.165, 1.54) is 44.2 Å². The smallest absolute Gasteiger partial charge is 0.123 e. The molecule has 3 heteroatoms. The van der Waals surface area contributed by atoms with Gasteiger partial charge in [-0.15, -0.1) is 11.6 Å². The summed E-state index contributed by atoms with van der Waals surface area (Å²) in [7, 11) is 1.61. The summed E-state index contributed by atoms with van der Waals surface area (Å²) in [6.45, 7) is 0. The van der Waals surface area contributed by atoms with Gasteiger partial charge in [0.25, 0.3) is 0 Å². The molecule has 1 fully saturated rings. The van der Waals surface area contributed by atoms with Gasteiger partial charge in [-0.25, -0.2) is 4.39 Å². The number of halogens is 2. The molecule has 0 aromatic heterocycles. The van der Waals surface area contributed by atoms with Gasteiger partial charge in [-0.05, 0) is 37.0 Å². The second-order valence-corrected chi connectivity index (χ2v) is 5.86. The molecule has 1 nitrogen and oxygen atoms in total. The summed E-state index contributed by atoms with van der Waals surface area (Å²) in [5.74, 6) is 0.883. The number of hydrogen-bond acceptors (Lipinski definition) is 1. The van der Waals surface area contributed by atoms with Crippen LogP contribution in [-0.2, 0) is 0 Å². The van der Waals surface area contributed by atoms with Gasteiger partial charge < -0.3 is 4.74 Å². The van der Waals surface area contributed by atoms with Crippen molar-refractivity contribution < 1.29 is 9.13 Å². The van der Waals surface area contributed by atoms with Crippen molar-refractivity contribution in [1.82, 2.24) is 0 Å². The number of ether oxygens (including phenoxy) is 1. The summed E-state index contributed by atoms with van der Waals surface area (Å²) >= 11 is 6.62. The molecule has 1 unspecified atom stereocenters. The lowest BCUT2D eigenvalue weighted by Crippen LogP contribution is -2.11. The van der Waals surface area contributed by atoms with E-state index < -0.39 is 0 Å². The van der Waals surface area contributed by atoms with Crippen LogP contribution in [-0.4, -0.2) is 7.11 Å². The van der Waals surface area contributed by atoms with Crippen LogP contribution < -0.4 is 4.74 Å². The number of rotatable bonds is 3. The van der Waals surface area contributed by atoms with Crippen LogP contribution >= 0.6 is 11.6 Å². The summed E-state index contributed by atoms with van der Waals surface area (Å²) in [5, 5.41) is -0.149. The Morgan fingerprint density at radius 1 is 1.16 bits per heavy atom. The van der Waals surface area contributed by atoms with Crippen LogP contribution in [0, 0.1) is 11.7 Å². The van der Waals surface area contributed by atoms with E-state index in [1.54, 1.807) is 13.2 Å². The maximum absolute atomic E-state index is 13.4. The normalized spacial score (nSPS) is 19.5. The molecular weight excluding hydrogens is 263 g/mol. The van der Waals surface area contributed by atoms with Crippen molar-refractivity contribution >= 4 is 11.6 Å². The third kappa shape index (κ3) is 3.85. The van der Waals surface area contributed by atoms with E-state index in [0.717, 1.165) is 18.4 Å². The van der Waals surface area contributed by atoms with E-state index in [4.69, 9.17) is 16.3 Å². The Labute approximate surface area is 120 Å². The highest BCUT2D eigenvalue weighted by Crippen LogP contribution is 2.41. The SMILES string of the molecule is COc1ccc(F)cc1C(Cl)C1CCCCCCC1. The first kappa shape index (κ1) is 14.6. The Morgan fingerprint density at radius 3 is 2.42 bits per heavy atom. The molecule has 0 spiro atoms. The molecule has 2 rings (SSSR count). The molecule has 0 saturated heterocycles. The molecule has 0 heterocycles.